The molecule has 2 saturated heterocycles. The van der Waals surface area contributed by atoms with Crippen molar-refractivity contribution in [2.45, 2.75) is 37.4 Å². The molecule has 3 atom stereocenters. The first-order chi connectivity index (χ1) is 9.29. The van der Waals surface area contributed by atoms with Crippen molar-refractivity contribution in [2.75, 3.05) is 0 Å². The van der Waals surface area contributed by atoms with E-state index in [4.69, 9.17) is 4.42 Å². The van der Waals surface area contributed by atoms with Gasteiger partial charge in [-0.05, 0) is 31.4 Å². The number of para-hydroxylation sites is 1. The summed E-state index contributed by atoms with van der Waals surface area (Å²) in [5.74, 6) is 0.305. The van der Waals surface area contributed by atoms with Crippen molar-refractivity contribution < 1.29 is 9.21 Å². The van der Waals surface area contributed by atoms with Crippen LogP contribution in [0, 0.1) is 0 Å². The second-order valence-corrected chi connectivity index (χ2v) is 5.51. The molecule has 4 heteroatoms. The van der Waals surface area contributed by atoms with Crippen LogP contribution in [0.1, 0.15) is 29.8 Å². The second-order valence-electron chi connectivity index (χ2n) is 5.51. The molecule has 2 fully saturated rings. The van der Waals surface area contributed by atoms with Gasteiger partial charge >= 0.3 is 0 Å². The van der Waals surface area contributed by atoms with Crippen LogP contribution in [-0.2, 0) is 0 Å². The van der Waals surface area contributed by atoms with Crippen LogP contribution in [0.4, 0.5) is 0 Å². The Balaban J connectivity index is 1.53. The summed E-state index contributed by atoms with van der Waals surface area (Å²) in [6.45, 7) is 0. The highest BCUT2D eigenvalue weighted by Crippen LogP contribution is 2.28. The van der Waals surface area contributed by atoms with Crippen LogP contribution in [0.2, 0.25) is 0 Å². The molecule has 0 unspecified atom stereocenters. The van der Waals surface area contributed by atoms with Gasteiger partial charge in [-0.3, -0.25) is 4.79 Å². The number of rotatable bonds is 2. The molecule has 1 amide bonds. The fourth-order valence-electron chi connectivity index (χ4n) is 3.32. The van der Waals surface area contributed by atoms with Crippen LogP contribution in [-0.4, -0.2) is 24.0 Å². The summed E-state index contributed by atoms with van der Waals surface area (Å²) < 4.78 is 5.59. The quantitative estimate of drug-likeness (QED) is 0.864. The molecule has 4 nitrogen and oxygen atoms in total. The fourth-order valence-corrected chi connectivity index (χ4v) is 3.32. The number of benzene rings is 1. The molecule has 0 aliphatic carbocycles. The van der Waals surface area contributed by atoms with Crippen LogP contribution in [0.5, 0.6) is 0 Å². The zero-order valence-corrected chi connectivity index (χ0v) is 10.6. The topological polar surface area (TPSA) is 54.3 Å². The van der Waals surface area contributed by atoms with E-state index >= 15 is 0 Å². The Morgan fingerprint density at radius 2 is 2.21 bits per heavy atom. The van der Waals surface area contributed by atoms with Crippen molar-refractivity contribution in [3.63, 3.8) is 0 Å². The van der Waals surface area contributed by atoms with Crippen molar-refractivity contribution >= 4 is 16.9 Å². The SMILES string of the molecule is O=C(N[C@@H]1C[C@H]2CC[C@@H]1N2)c1cc2ccccc2o1. The minimum atomic E-state index is -0.101. The average molecular weight is 256 g/mol. The maximum atomic E-state index is 12.2. The van der Waals surface area contributed by atoms with Crippen LogP contribution in [0.3, 0.4) is 0 Å². The number of carbonyl (C=O) groups is 1. The number of hydrogen-bond acceptors (Lipinski definition) is 3. The molecule has 0 radical (unpaired) electrons. The third kappa shape index (κ3) is 1.83. The van der Waals surface area contributed by atoms with Gasteiger partial charge in [0.15, 0.2) is 5.76 Å². The van der Waals surface area contributed by atoms with Crippen LogP contribution >= 0.6 is 0 Å². The number of carbonyl (C=O) groups excluding carboxylic acids is 1. The van der Waals surface area contributed by atoms with E-state index < -0.39 is 0 Å². The first-order valence-electron chi connectivity index (χ1n) is 6.85. The van der Waals surface area contributed by atoms with Gasteiger partial charge in [0.1, 0.15) is 5.58 Å². The third-order valence-corrected chi connectivity index (χ3v) is 4.27. The van der Waals surface area contributed by atoms with Crippen molar-refractivity contribution in [1.29, 1.82) is 0 Å². The Labute approximate surface area is 111 Å². The van der Waals surface area contributed by atoms with E-state index in [-0.39, 0.29) is 11.9 Å². The first-order valence-corrected chi connectivity index (χ1v) is 6.85. The van der Waals surface area contributed by atoms with Gasteiger partial charge in [0.25, 0.3) is 5.91 Å². The highest BCUT2D eigenvalue weighted by molar-refractivity contribution is 5.96. The molecular weight excluding hydrogens is 240 g/mol. The summed E-state index contributed by atoms with van der Waals surface area (Å²) >= 11 is 0. The van der Waals surface area contributed by atoms with Gasteiger partial charge in [0, 0.05) is 23.5 Å². The van der Waals surface area contributed by atoms with Crippen molar-refractivity contribution in [1.82, 2.24) is 10.6 Å². The standard InChI is InChI=1S/C15H16N2O2/c18-15(17-12-8-10-5-6-11(12)16-10)14-7-9-3-1-2-4-13(9)19-14/h1-4,7,10-12,16H,5-6,8H2,(H,17,18)/t10-,11+,12-/m1/s1. The molecule has 98 valence electrons. The van der Waals surface area contributed by atoms with E-state index in [9.17, 15) is 4.79 Å². The predicted octanol–water partition coefficient (Wildman–Crippen LogP) is 2.06. The molecule has 2 bridgehead atoms. The maximum absolute atomic E-state index is 12.2. The number of nitrogens with one attached hydrogen (secondary N) is 2. The third-order valence-electron chi connectivity index (χ3n) is 4.27. The lowest BCUT2D eigenvalue weighted by molar-refractivity contribution is 0.0905. The van der Waals surface area contributed by atoms with E-state index in [1.807, 2.05) is 30.3 Å². The Morgan fingerprint density at radius 1 is 1.32 bits per heavy atom. The fraction of sp³-hybridized carbons (Fsp3) is 0.400. The van der Waals surface area contributed by atoms with Gasteiger partial charge in [-0.15, -0.1) is 0 Å². The van der Waals surface area contributed by atoms with Gasteiger partial charge in [-0.1, -0.05) is 18.2 Å². The van der Waals surface area contributed by atoms with Crippen LogP contribution in [0.25, 0.3) is 11.0 Å². The van der Waals surface area contributed by atoms with E-state index in [2.05, 4.69) is 10.6 Å². The van der Waals surface area contributed by atoms with Gasteiger partial charge < -0.3 is 15.1 Å². The molecular formula is C15H16N2O2. The average Bonchev–Trinajstić information content (AvgIpc) is 3.12. The monoisotopic (exact) mass is 256 g/mol. The highest BCUT2D eigenvalue weighted by atomic mass is 16.3. The van der Waals surface area contributed by atoms with E-state index in [1.54, 1.807) is 0 Å². The molecule has 0 saturated carbocycles. The number of furan rings is 1. The lowest BCUT2D eigenvalue weighted by atomic mass is 9.95. The Hall–Kier alpha value is -1.81. The summed E-state index contributed by atoms with van der Waals surface area (Å²) in [5, 5.41) is 7.58. The molecule has 1 aromatic carbocycles. The summed E-state index contributed by atoms with van der Waals surface area (Å²) in [6, 6.07) is 10.8. The smallest absolute Gasteiger partial charge is 0.287 e. The highest BCUT2D eigenvalue weighted by Gasteiger charge is 2.39. The van der Waals surface area contributed by atoms with E-state index in [0.29, 0.717) is 17.8 Å². The Kier molecular flexibility index (Phi) is 2.38. The Bertz CT molecular complexity index is 601. The van der Waals surface area contributed by atoms with Gasteiger partial charge in [0.05, 0.1) is 0 Å². The minimum absolute atomic E-state index is 0.101. The molecule has 2 N–H and O–H groups in total. The van der Waals surface area contributed by atoms with Gasteiger partial charge in [-0.2, -0.15) is 0 Å². The number of amides is 1. The molecule has 1 aromatic heterocycles. The molecule has 19 heavy (non-hydrogen) atoms. The summed E-state index contributed by atoms with van der Waals surface area (Å²) in [4.78, 5) is 12.2. The number of fused-ring (bicyclic) bond motifs is 3. The van der Waals surface area contributed by atoms with Gasteiger partial charge in [-0.25, -0.2) is 0 Å². The van der Waals surface area contributed by atoms with Crippen LogP contribution in [0.15, 0.2) is 34.7 Å². The van der Waals surface area contributed by atoms with E-state index in [1.165, 1.54) is 6.42 Å². The van der Waals surface area contributed by atoms with Crippen molar-refractivity contribution in [3.8, 4) is 0 Å². The normalized spacial score (nSPS) is 28.9. The summed E-state index contributed by atoms with van der Waals surface area (Å²) in [5.41, 5.74) is 0.763. The van der Waals surface area contributed by atoms with Crippen LogP contribution < -0.4 is 10.6 Å². The minimum Gasteiger partial charge on any atom is -0.451 e. The van der Waals surface area contributed by atoms with Crippen molar-refractivity contribution in [2.24, 2.45) is 0 Å². The molecule has 2 aromatic rings. The largest absolute Gasteiger partial charge is 0.451 e. The second kappa shape index (κ2) is 4.10. The lowest BCUT2D eigenvalue weighted by Crippen LogP contribution is -2.42. The lowest BCUT2D eigenvalue weighted by Gasteiger charge is -2.20. The van der Waals surface area contributed by atoms with Crippen molar-refractivity contribution in [3.05, 3.63) is 36.1 Å². The zero-order valence-electron chi connectivity index (χ0n) is 10.6. The Morgan fingerprint density at radius 3 is 2.95 bits per heavy atom. The summed E-state index contributed by atoms with van der Waals surface area (Å²) in [7, 11) is 0. The molecule has 0 spiro atoms. The maximum Gasteiger partial charge on any atom is 0.287 e. The van der Waals surface area contributed by atoms with Gasteiger partial charge in [0.2, 0.25) is 0 Å². The summed E-state index contributed by atoms with van der Waals surface area (Å²) in [6.07, 6.45) is 3.44. The number of hydrogen-bond donors (Lipinski definition) is 2. The molecule has 4 rings (SSSR count). The molecule has 2 aliphatic rings. The zero-order chi connectivity index (χ0) is 12.8. The van der Waals surface area contributed by atoms with E-state index in [0.717, 1.165) is 23.8 Å². The molecule has 3 heterocycles. The first kappa shape index (κ1) is 11.1. The molecule has 2 aliphatic heterocycles. The predicted molar refractivity (Wildman–Crippen MR) is 72.0 cm³/mol.